The first-order valence-electron chi connectivity index (χ1n) is 9.38. The lowest BCUT2D eigenvalue weighted by atomic mass is 10.1. The molecule has 0 bridgehead atoms. The van der Waals surface area contributed by atoms with E-state index >= 15 is 0 Å². The summed E-state index contributed by atoms with van der Waals surface area (Å²) < 4.78 is 8.71. The summed E-state index contributed by atoms with van der Waals surface area (Å²) in [6.45, 7) is 8.63. The Labute approximate surface area is 188 Å². The number of halogens is 1. The van der Waals surface area contributed by atoms with Crippen LogP contribution in [0.2, 0.25) is 0 Å². The Hall–Kier alpha value is -2.58. The highest BCUT2D eigenvalue weighted by molar-refractivity contribution is 9.10. The molecule has 0 radical (unpaired) electrons. The maximum atomic E-state index is 12.5. The van der Waals surface area contributed by atoms with Crippen LogP contribution in [0.15, 0.2) is 64.7 Å². The zero-order chi connectivity index (χ0) is 21.5. The summed E-state index contributed by atoms with van der Waals surface area (Å²) in [6, 6.07) is 13.4. The first-order chi connectivity index (χ1) is 14.5. The summed E-state index contributed by atoms with van der Waals surface area (Å²) in [7, 11) is 0. The minimum Gasteiger partial charge on any atom is -0.486 e. The number of para-hydroxylation sites is 1. The predicted octanol–water partition coefficient (Wildman–Crippen LogP) is 5.15. The fourth-order valence-corrected chi connectivity index (χ4v) is 3.95. The second-order valence-electron chi connectivity index (χ2n) is 6.58. The standard InChI is InChI=1S/C22H23BrN4O2S/c1-4-12-27-20(13-29-17-8-6-5-7-9-17)25-26-22(27)30-14-21(28)24-19-11-10-18(23)15(2)16(19)3/h4-11H,1,12-14H2,2-3H3,(H,24,28). The SMILES string of the molecule is C=CCn1c(COc2ccccc2)nnc1SCC(=O)Nc1ccc(Br)c(C)c1C. The molecule has 0 aliphatic carbocycles. The number of carbonyl (C=O) groups is 1. The number of carbonyl (C=O) groups excluding carboxylic acids is 1. The minimum absolute atomic E-state index is 0.0972. The first-order valence-corrected chi connectivity index (χ1v) is 11.2. The van der Waals surface area contributed by atoms with Crippen molar-refractivity contribution in [3.05, 3.63) is 76.5 Å². The van der Waals surface area contributed by atoms with Gasteiger partial charge in [-0.1, -0.05) is 52.0 Å². The lowest BCUT2D eigenvalue weighted by Gasteiger charge is -2.12. The van der Waals surface area contributed by atoms with Crippen molar-refractivity contribution < 1.29 is 9.53 Å². The van der Waals surface area contributed by atoms with E-state index in [-0.39, 0.29) is 18.3 Å². The van der Waals surface area contributed by atoms with Crippen molar-refractivity contribution in [1.29, 1.82) is 0 Å². The van der Waals surface area contributed by atoms with E-state index in [1.165, 1.54) is 11.8 Å². The Morgan fingerprint density at radius 3 is 2.70 bits per heavy atom. The van der Waals surface area contributed by atoms with Crippen LogP contribution >= 0.6 is 27.7 Å². The molecule has 0 aliphatic heterocycles. The number of thioether (sulfide) groups is 1. The van der Waals surface area contributed by atoms with Gasteiger partial charge >= 0.3 is 0 Å². The summed E-state index contributed by atoms with van der Waals surface area (Å²) in [5.41, 5.74) is 2.96. The Morgan fingerprint density at radius 2 is 1.97 bits per heavy atom. The van der Waals surface area contributed by atoms with Crippen molar-refractivity contribution in [2.75, 3.05) is 11.1 Å². The normalized spacial score (nSPS) is 10.6. The van der Waals surface area contributed by atoms with Crippen molar-refractivity contribution in [2.45, 2.75) is 32.2 Å². The molecule has 156 valence electrons. The second kappa shape index (κ2) is 10.4. The second-order valence-corrected chi connectivity index (χ2v) is 8.38. The Bertz CT molecular complexity index is 1040. The number of benzene rings is 2. The molecule has 1 heterocycles. The van der Waals surface area contributed by atoms with Gasteiger partial charge in [-0.3, -0.25) is 9.36 Å². The van der Waals surface area contributed by atoms with E-state index in [1.807, 2.05) is 60.9 Å². The minimum atomic E-state index is -0.0972. The molecular weight excluding hydrogens is 464 g/mol. The van der Waals surface area contributed by atoms with Crippen LogP contribution in [0.4, 0.5) is 5.69 Å². The molecule has 0 atom stereocenters. The maximum Gasteiger partial charge on any atom is 0.234 e. The monoisotopic (exact) mass is 486 g/mol. The topological polar surface area (TPSA) is 69.0 Å². The van der Waals surface area contributed by atoms with Gasteiger partial charge in [-0.05, 0) is 49.2 Å². The van der Waals surface area contributed by atoms with Gasteiger partial charge in [0.1, 0.15) is 12.4 Å². The van der Waals surface area contributed by atoms with Crippen LogP contribution in [0.3, 0.4) is 0 Å². The summed E-state index contributed by atoms with van der Waals surface area (Å²) >= 11 is 4.84. The van der Waals surface area contributed by atoms with Gasteiger partial charge in [0.2, 0.25) is 5.91 Å². The molecule has 3 rings (SSSR count). The van der Waals surface area contributed by atoms with E-state index in [0.717, 1.165) is 27.0 Å². The van der Waals surface area contributed by atoms with Gasteiger partial charge in [0, 0.05) is 16.7 Å². The molecule has 0 saturated heterocycles. The lowest BCUT2D eigenvalue weighted by Crippen LogP contribution is -2.16. The molecule has 8 heteroatoms. The van der Waals surface area contributed by atoms with Crippen LogP contribution < -0.4 is 10.1 Å². The number of hydrogen-bond acceptors (Lipinski definition) is 5. The van der Waals surface area contributed by atoms with Crippen LogP contribution in [0.1, 0.15) is 17.0 Å². The van der Waals surface area contributed by atoms with Crippen LogP contribution in [-0.2, 0) is 17.9 Å². The molecule has 1 N–H and O–H groups in total. The number of allylic oxidation sites excluding steroid dienone is 1. The fraction of sp³-hybridized carbons (Fsp3) is 0.227. The van der Waals surface area contributed by atoms with E-state index in [4.69, 9.17) is 4.74 Å². The summed E-state index contributed by atoms with van der Waals surface area (Å²) in [5, 5.41) is 12.1. The van der Waals surface area contributed by atoms with Crippen LogP contribution in [0, 0.1) is 13.8 Å². The third-order valence-electron chi connectivity index (χ3n) is 4.54. The van der Waals surface area contributed by atoms with Gasteiger partial charge in [0.15, 0.2) is 11.0 Å². The van der Waals surface area contributed by atoms with Gasteiger partial charge in [0.05, 0.1) is 5.75 Å². The predicted molar refractivity (Wildman–Crippen MR) is 124 cm³/mol. The van der Waals surface area contributed by atoms with E-state index < -0.39 is 0 Å². The molecule has 0 spiro atoms. The molecule has 30 heavy (non-hydrogen) atoms. The average Bonchev–Trinajstić information content (AvgIpc) is 3.14. The van der Waals surface area contributed by atoms with E-state index in [0.29, 0.717) is 17.5 Å². The first kappa shape index (κ1) is 22.1. The molecule has 0 fully saturated rings. The molecule has 6 nitrogen and oxygen atoms in total. The quantitative estimate of drug-likeness (QED) is 0.334. The fourth-order valence-electron chi connectivity index (χ4n) is 2.75. The Kier molecular flexibility index (Phi) is 7.70. The summed E-state index contributed by atoms with van der Waals surface area (Å²) in [6.07, 6.45) is 1.77. The molecule has 2 aromatic carbocycles. The number of ether oxygens (including phenoxy) is 1. The van der Waals surface area contributed by atoms with Crippen molar-refractivity contribution in [2.24, 2.45) is 0 Å². The average molecular weight is 487 g/mol. The largest absolute Gasteiger partial charge is 0.486 e. The van der Waals surface area contributed by atoms with Crippen molar-refractivity contribution in [3.63, 3.8) is 0 Å². The van der Waals surface area contributed by atoms with Gasteiger partial charge in [0.25, 0.3) is 0 Å². The maximum absolute atomic E-state index is 12.5. The van der Waals surface area contributed by atoms with Gasteiger partial charge < -0.3 is 10.1 Å². The van der Waals surface area contributed by atoms with Crippen molar-refractivity contribution >= 4 is 39.3 Å². The Balaban J connectivity index is 1.63. The number of nitrogens with zero attached hydrogens (tertiary/aromatic N) is 3. The highest BCUT2D eigenvalue weighted by Gasteiger charge is 2.15. The summed E-state index contributed by atoms with van der Waals surface area (Å²) in [4.78, 5) is 12.5. The van der Waals surface area contributed by atoms with Crippen molar-refractivity contribution in [1.82, 2.24) is 14.8 Å². The molecule has 0 unspecified atom stereocenters. The Morgan fingerprint density at radius 1 is 1.20 bits per heavy atom. The molecule has 0 aliphatic rings. The van der Waals surface area contributed by atoms with Gasteiger partial charge in [-0.25, -0.2) is 0 Å². The third-order valence-corrected chi connectivity index (χ3v) is 6.37. The number of amides is 1. The zero-order valence-electron chi connectivity index (χ0n) is 16.9. The number of hydrogen-bond donors (Lipinski definition) is 1. The van der Waals surface area contributed by atoms with Crippen LogP contribution in [-0.4, -0.2) is 26.4 Å². The highest BCUT2D eigenvalue weighted by Crippen LogP contribution is 2.26. The van der Waals surface area contributed by atoms with Gasteiger partial charge in [-0.15, -0.1) is 16.8 Å². The molecule has 0 saturated carbocycles. The number of rotatable bonds is 9. The highest BCUT2D eigenvalue weighted by atomic mass is 79.9. The van der Waals surface area contributed by atoms with Crippen molar-refractivity contribution in [3.8, 4) is 5.75 Å². The third kappa shape index (κ3) is 5.52. The molecular formula is C22H23BrN4O2S. The van der Waals surface area contributed by atoms with E-state index in [2.05, 4.69) is 38.0 Å². The lowest BCUT2D eigenvalue weighted by molar-refractivity contribution is -0.113. The van der Waals surface area contributed by atoms with Crippen LogP contribution in [0.5, 0.6) is 5.75 Å². The number of anilines is 1. The molecule has 1 aromatic heterocycles. The summed E-state index contributed by atoms with van der Waals surface area (Å²) in [5.74, 6) is 1.57. The zero-order valence-corrected chi connectivity index (χ0v) is 19.3. The molecule has 3 aromatic rings. The van der Waals surface area contributed by atoms with E-state index in [9.17, 15) is 4.79 Å². The number of nitrogens with one attached hydrogen (secondary N) is 1. The smallest absolute Gasteiger partial charge is 0.234 e. The van der Waals surface area contributed by atoms with E-state index in [1.54, 1.807) is 6.08 Å². The molecule has 1 amide bonds. The number of aromatic nitrogens is 3. The van der Waals surface area contributed by atoms with Gasteiger partial charge in [-0.2, -0.15) is 0 Å². The van der Waals surface area contributed by atoms with Crippen LogP contribution in [0.25, 0.3) is 0 Å².